The molecule has 3 aliphatic rings. The zero-order valence-corrected chi connectivity index (χ0v) is 36.7. The number of fused-ring (bicyclic) bond motifs is 17. The van der Waals surface area contributed by atoms with Crippen LogP contribution >= 0.6 is 0 Å². The molecule has 0 saturated heterocycles. The molecule has 0 spiro atoms. The number of anilines is 6. The zero-order chi connectivity index (χ0) is 42.6. The first kappa shape index (κ1) is 36.5. The number of hydrogen-bond acceptors (Lipinski definition) is 2. The van der Waals surface area contributed by atoms with Crippen LogP contribution in [0.1, 0.15) is 74.9 Å². The number of nitrogens with zero attached hydrogens (tertiary/aromatic N) is 2. The van der Waals surface area contributed by atoms with E-state index in [4.69, 9.17) is 0 Å². The van der Waals surface area contributed by atoms with Crippen LogP contribution in [0.15, 0.2) is 182 Å². The van der Waals surface area contributed by atoms with Crippen molar-refractivity contribution in [1.82, 2.24) is 0 Å². The number of hydrogen-bond donors (Lipinski definition) is 0. The Kier molecular flexibility index (Phi) is 7.23. The van der Waals surface area contributed by atoms with Gasteiger partial charge < -0.3 is 9.80 Å². The van der Waals surface area contributed by atoms with Gasteiger partial charge in [0.25, 0.3) is 0 Å². The van der Waals surface area contributed by atoms with E-state index in [1.165, 1.54) is 122 Å². The summed E-state index contributed by atoms with van der Waals surface area (Å²) < 4.78 is 0. The number of rotatable bonds is 2. The summed E-state index contributed by atoms with van der Waals surface area (Å²) in [6.45, 7) is 14.4. The summed E-state index contributed by atoms with van der Waals surface area (Å²) in [6, 6.07) is 68.8. The summed E-state index contributed by atoms with van der Waals surface area (Å²) in [5.74, 6) is 0. The summed E-state index contributed by atoms with van der Waals surface area (Å²) in [5.41, 5.74) is 17.7. The SMILES string of the molecule is CC1(C)c2ccccc2N(c2ccc3c(c2)C(C)(C)c2c-3c3ccccc3c3c4ccc(N5c6ccccc6C(C)(C)c6ccccc65)cc4c4ccccc4c23)c2ccccc21. The summed E-state index contributed by atoms with van der Waals surface area (Å²) in [6.07, 6.45) is 0. The van der Waals surface area contributed by atoms with Gasteiger partial charge in [0.1, 0.15) is 0 Å². The minimum atomic E-state index is -0.290. The van der Waals surface area contributed by atoms with Gasteiger partial charge in [-0.3, -0.25) is 0 Å². The predicted octanol–water partition coefficient (Wildman–Crippen LogP) is 16.8. The Hall–Kier alpha value is -7.16. The van der Waals surface area contributed by atoms with E-state index in [0.29, 0.717) is 0 Å². The molecule has 13 rings (SSSR count). The standard InChI is InChI=1S/C61H48N2/c1-59(2)46-23-11-15-27-51(46)62(52-28-16-12-24-47(52)59)37-31-33-43-45(35-37)39-19-7-8-20-40(39)57-55(43)41-21-9-10-22-42(41)56-44-34-32-38(36-50(44)61(5,6)58(56)57)63-53-29-17-13-25-48(53)60(3,4)49-26-14-18-30-54(49)63/h7-36H,1-6H3. The van der Waals surface area contributed by atoms with Gasteiger partial charge in [-0.15, -0.1) is 0 Å². The van der Waals surface area contributed by atoms with Crippen molar-refractivity contribution in [2.24, 2.45) is 0 Å². The van der Waals surface area contributed by atoms with Gasteiger partial charge >= 0.3 is 0 Å². The van der Waals surface area contributed by atoms with Crippen LogP contribution in [0.2, 0.25) is 0 Å². The molecule has 10 aromatic carbocycles. The van der Waals surface area contributed by atoms with E-state index in [-0.39, 0.29) is 16.2 Å². The van der Waals surface area contributed by atoms with Gasteiger partial charge in [-0.25, -0.2) is 0 Å². The number of benzene rings is 10. The Morgan fingerprint density at radius 3 is 1.22 bits per heavy atom. The molecule has 0 fully saturated rings. The Morgan fingerprint density at radius 1 is 0.302 bits per heavy atom. The number of para-hydroxylation sites is 4. The first-order chi connectivity index (χ1) is 30.6. The molecule has 0 N–H and O–H groups in total. The van der Waals surface area contributed by atoms with Crippen molar-refractivity contribution in [1.29, 1.82) is 0 Å². The predicted molar refractivity (Wildman–Crippen MR) is 268 cm³/mol. The molecule has 0 atom stereocenters. The summed E-state index contributed by atoms with van der Waals surface area (Å²) in [7, 11) is 0. The van der Waals surface area contributed by atoms with Crippen LogP contribution in [0.4, 0.5) is 34.1 Å². The largest absolute Gasteiger partial charge is 0.310 e. The highest BCUT2D eigenvalue weighted by atomic mass is 15.2. The van der Waals surface area contributed by atoms with Crippen molar-refractivity contribution in [3.05, 3.63) is 215 Å². The molecule has 0 unspecified atom stereocenters. The van der Waals surface area contributed by atoms with Gasteiger partial charge in [0.15, 0.2) is 0 Å². The second-order valence-electron chi connectivity index (χ2n) is 19.7. The van der Waals surface area contributed by atoms with Crippen LogP contribution in [0, 0.1) is 0 Å². The van der Waals surface area contributed by atoms with Crippen LogP contribution in [-0.4, -0.2) is 0 Å². The molecule has 2 heterocycles. The summed E-state index contributed by atoms with van der Waals surface area (Å²) in [4.78, 5) is 5.00. The quantitative estimate of drug-likeness (QED) is 0.161. The summed E-state index contributed by atoms with van der Waals surface area (Å²) in [5, 5.41) is 10.5. The molecule has 2 heteroatoms. The van der Waals surface area contributed by atoms with Gasteiger partial charge in [-0.1, -0.05) is 175 Å². The van der Waals surface area contributed by atoms with E-state index >= 15 is 0 Å². The third-order valence-electron chi connectivity index (χ3n) is 15.3. The topological polar surface area (TPSA) is 6.48 Å². The summed E-state index contributed by atoms with van der Waals surface area (Å²) >= 11 is 0. The van der Waals surface area contributed by atoms with E-state index in [0.717, 1.165) is 0 Å². The van der Waals surface area contributed by atoms with Crippen LogP contribution < -0.4 is 9.80 Å². The molecular formula is C61H48N2. The molecule has 2 aliphatic heterocycles. The maximum absolute atomic E-state index is 2.51. The lowest BCUT2D eigenvalue weighted by Crippen LogP contribution is -2.30. The van der Waals surface area contributed by atoms with Gasteiger partial charge in [-0.2, -0.15) is 0 Å². The molecule has 2 nitrogen and oxygen atoms in total. The van der Waals surface area contributed by atoms with Gasteiger partial charge in [0.2, 0.25) is 0 Å². The molecule has 10 aromatic rings. The van der Waals surface area contributed by atoms with Gasteiger partial charge in [0, 0.05) is 27.6 Å². The molecule has 0 radical (unpaired) electrons. The average molecular weight is 809 g/mol. The van der Waals surface area contributed by atoms with E-state index < -0.39 is 0 Å². The smallest absolute Gasteiger partial charge is 0.0502 e. The highest BCUT2D eigenvalue weighted by Gasteiger charge is 2.42. The lowest BCUT2D eigenvalue weighted by atomic mass is 9.73. The second-order valence-corrected chi connectivity index (χ2v) is 19.7. The fraction of sp³-hybridized carbons (Fsp3) is 0.148. The molecule has 302 valence electrons. The Morgan fingerprint density at radius 2 is 0.698 bits per heavy atom. The lowest BCUT2D eigenvalue weighted by Gasteiger charge is -2.42. The van der Waals surface area contributed by atoms with Gasteiger partial charge in [-0.05, 0) is 136 Å². The van der Waals surface area contributed by atoms with E-state index in [1.807, 2.05) is 0 Å². The third-order valence-corrected chi connectivity index (χ3v) is 15.3. The molecule has 63 heavy (non-hydrogen) atoms. The normalized spacial score (nSPS) is 16.1. The highest BCUT2D eigenvalue weighted by molar-refractivity contribution is 6.35. The minimum Gasteiger partial charge on any atom is -0.310 e. The zero-order valence-electron chi connectivity index (χ0n) is 36.7. The Bertz CT molecular complexity index is 3520. The van der Waals surface area contributed by atoms with Crippen LogP contribution in [-0.2, 0) is 16.2 Å². The van der Waals surface area contributed by atoms with Crippen LogP contribution in [0.5, 0.6) is 0 Å². The van der Waals surface area contributed by atoms with E-state index in [2.05, 4.69) is 233 Å². The fourth-order valence-electron chi connectivity index (χ4n) is 12.4. The molecule has 0 bridgehead atoms. The van der Waals surface area contributed by atoms with Crippen molar-refractivity contribution in [2.75, 3.05) is 9.80 Å². The average Bonchev–Trinajstić information content (AvgIpc) is 3.55. The first-order valence-corrected chi connectivity index (χ1v) is 22.5. The molecule has 1 aliphatic carbocycles. The van der Waals surface area contributed by atoms with Gasteiger partial charge in [0.05, 0.1) is 22.7 Å². The highest BCUT2D eigenvalue weighted by Crippen LogP contribution is 2.60. The van der Waals surface area contributed by atoms with Crippen molar-refractivity contribution in [3.8, 4) is 11.1 Å². The lowest BCUT2D eigenvalue weighted by molar-refractivity contribution is 0.631. The fourth-order valence-corrected chi connectivity index (χ4v) is 12.4. The van der Waals surface area contributed by atoms with Crippen molar-refractivity contribution in [2.45, 2.75) is 57.8 Å². The second kappa shape index (κ2) is 12.5. The first-order valence-electron chi connectivity index (χ1n) is 22.5. The van der Waals surface area contributed by atoms with E-state index in [9.17, 15) is 0 Å². The molecule has 0 aromatic heterocycles. The Labute approximate surface area is 369 Å². The van der Waals surface area contributed by atoms with Crippen LogP contribution in [0.25, 0.3) is 54.2 Å². The van der Waals surface area contributed by atoms with Crippen molar-refractivity contribution >= 4 is 77.2 Å². The minimum absolute atomic E-state index is 0.113. The molecular weight excluding hydrogens is 761 g/mol. The third kappa shape index (κ3) is 4.68. The Balaban J connectivity index is 1.07. The molecule has 0 saturated carbocycles. The maximum atomic E-state index is 2.51. The maximum Gasteiger partial charge on any atom is 0.0502 e. The monoisotopic (exact) mass is 808 g/mol. The van der Waals surface area contributed by atoms with E-state index in [1.54, 1.807) is 0 Å². The molecule has 0 amide bonds. The van der Waals surface area contributed by atoms with Crippen LogP contribution in [0.3, 0.4) is 0 Å². The van der Waals surface area contributed by atoms with Crippen molar-refractivity contribution < 1.29 is 0 Å². The van der Waals surface area contributed by atoms with Crippen molar-refractivity contribution in [3.63, 3.8) is 0 Å².